The number of carbonyl (C=O) groups is 2. The van der Waals surface area contributed by atoms with E-state index in [0.717, 1.165) is 11.3 Å². The third-order valence-corrected chi connectivity index (χ3v) is 18.3. The molecule has 23 nitrogen and oxygen atoms in total. The summed E-state index contributed by atoms with van der Waals surface area (Å²) in [6.45, 7) is 6.45. The standard InChI is InChI=1S/C49H76O23/c1-18(14-64-45-41(62)37(58)36(57)30(13-50)70-45)5-6-28-19(2)33-29(69-28)11-23-21-10-25(51)24-9-20(7-8-48(24,3)22(21)12-32(54)49(23,33)4)68-47-42(63)38(59)43(72-46-40(61)35(56)27(53)16-66-46)31(71-47)17-67-44-39(60)34(55)26(52)15-65-44/h18,20-24,26-27,29-31,33-47,50,52-53,55-63H,5-17H2,1-4H3/t18-,20+,21?,22?,23?,24-,26-,27-,29?,30-,31-,33?,34+,35+,36-,37+,38-,39-,40-,41-,42-,43-,44+,45-,46-,47-,48-,49-/m1/s1. The second kappa shape index (κ2) is 21.5. The summed E-state index contributed by atoms with van der Waals surface area (Å²) in [7, 11) is 0. The first-order chi connectivity index (χ1) is 34.1. The maximum Gasteiger partial charge on any atom is 0.186 e. The number of ketones is 2. The van der Waals surface area contributed by atoms with Crippen molar-refractivity contribution in [3.63, 3.8) is 0 Å². The summed E-state index contributed by atoms with van der Waals surface area (Å²) in [4.78, 5) is 29.2. The monoisotopic (exact) mass is 1030 g/mol. The summed E-state index contributed by atoms with van der Waals surface area (Å²) in [5.41, 5.74) is -0.248. The molecule has 0 amide bonds. The van der Waals surface area contributed by atoms with Crippen LogP contribution in [0.2, 0.25) is 0 Å². The first-order valence-corrected chi connectivity index (χ1v) is 25.7. The lowest BCUT2D eigenvalue weighted by atomic mass is 9.44. The van der Waals surface area contributed by atoms with Gasteiger partial charge in [0.2, 0.25) is 0 Å². The van der Waals surface area contributed by atoms with E-state index in [-0.39, 0.29) is 73.3 Å². The fraction of sp³-hybridized carbons (Fsp3) is 0.918. The fourth-order valence-corrected chi connectivity index (χ4v) is 14.0. The summed E-state index contributed by atoms with van der Waals surface area (Å²) >= 11 is 0. The van der Waals surface area contributed by atoms with E-state index in [2.05, 4.69) is 6.92 Å². The molecule has 410 valence electrons. The quantitative estimate of drug-likeness (QED) is 0.0756. The second-order valence-electron chi connectivity index (χ2n) is 22.7. The van der Waals surface area contributed by atoms with Gasteiger partial charge in [-0.2, -0.15) is 0 Å². The van der Waals surface area contributed by atoms with Crippen LogP contribution in [0, 0.1) is 46.3 Å². The summed E-state index contributed by atoms with van der Waals surface area (Å²) in [5.74, 6) is 0.192. The SMILES string of the molecule is CC1=C(CC[C@@H](C)CO[C@@H]2O[C@H](CO)[C@@H](O)[C@H](O)[C@H]2O)OC2CC3C4CC(=O)[C@H]5C[C@@H](O[C@@H]6O[C@H](CO[C@@H]7OC[C@@H](O)[C@H](O)[C@H]7O)[C@@H](O[C@H]7OC[C@@H](O)[C@H](O)[C@H]7O)[C@H](O)[C@H]6O)CC[C@]5(C)C4CC(=O)[C@]3(C)C12. The highest BCUT2D eigenvalue weighted by atomic mass is 16.8. The van der Waals surface area contributed by atoms with Crippen LogP contribution in [0.25, 0.3) is 0 Å². The number of aliphatic hydroxyl groups excluding tert-OH is 12. The molecule has 0 aromatic heterocycles. The van der Waals surface area contributed by atoms with Gasteiger partial charge >= 0.3 is 0 Å². The van der Waals surface area contributed by atoms with Crippen molar-refractivity contribution in [3.05, 3.63) is 11.3 Å². The van der Waals surface area contributed by atoms with Crippen molar-refractivity contribution in [2.75, 3.05) is 33.0 Å². The van der Waals surface area contributed by atoms with Gasteiger partial charge in [0.25, 0.3) is 0 Å². The molecule has 0 radical (unpaired) electrons. The zero-order valence-electron chi connectivity index (χ0n) is 41.1. The topological polar surface area (TPSA) is 360 Å². The lowest BCUT2D eigenvalue weighted by Gasteiger charge is -2.59. The first kappa shape index (κ1) is 54.9. The Labute approximate surface area is 416 Å². The number of hydrogen-bond donors (Lipinski definition) is 12. The number of ether oxygens (including phenoxy) is 9. The molecule has 5 heterocycles. The van der Waals surface area contributed by atoms with Crippen LogP contribution in [-0.4, -0.2) is 229 Å². The van der Waals surface area contributed by atoms with Crippen molar-refractivity contribution in [1.29, 1.82) is 0 Å². The van der Waals surface area contributed by atoms with Crippen molar-refractivity contribution in [2.45, 2.75) is 202 Å². The largest absolute Gasteiger partial charge is 0.494 e. The smallest absolute Gasteiger partial charge is 0.186 e. The third kappa shape index (κ3) is 9.77. The number of aliphatic hydroxyl groups is 12. The predicted octanol–water partition coefficient (Wildman–Crippen LogP) is -3.37. The van der Waals surface area contributed by atoms with Crippen LogP contribution in [0.15, 0.2) is 11.3 Å². The van der Waals surface area contributed by atoms with E-state index in [1.165, 1.54) is 0 Å². The molecule has 5 aliphatic heterocycles. The molecule has 0 spiro atoms. The van der Waals surface area contributed by atoms with Crippen LogP contribution in [-0.2, 0) is 52.2 Å². The third-order valence-electron chi connectivity index (χ3n) is 18.3. The molecule has 8 fully saturated rings. The van der Waals surface area contributed by atoms with Gasteiger partial charge in [-0.15, -0.1) is 0 Å². The van der Waals surface area contributed by atoms with E-state index in [1.807, 2.05) is 20.8 Å². The molecule has 0 aromatic rings. The molecule has 72 heavy (non-hydrogen) atoms. The van der Waals surface area contributed by atoms with Gasteiger partial charge in [-0.25, -0.2) is 0 Å². The Morgan fingerprint density at radius 2 is 1.33 bits per heavy atom. The predicted molar refractivity (Wildman–Crippen MR) is 239 cm³/mol. The van der Waals surface area contributed by atoms with E-state index in [1.54, 1.807) is 0 Å². The van der Waals surface area contributed by atoms with Crippen molar-refractivity contribution < 1.29 is 113 Å². The van der Waals surface area contributed by atoms with E-state index in [4.69, 9.17) is 42.6 Å². The van der Waals surface area contributed by atoms with Crippen molar-refractivity contribution in [1.82, 2.24) is 0 Å². The minimum Gasteiger partial charge on any atom is -0.494 e. The maximum atomic E-state index is 14.7. The molecule has 9 aliphatic rings. The summed E-state index contributed by atoms with van der Waals surface area (Å²) in [6, 6.07) is 0. The van der Waals surface area contributed by atoms with Gasteiger partial charge in [-0.3, -0.25) is 9.59 Å². The van der Waals surface area contributed by atoms with Crippen LogP contribution in [0.1, 0.15) is 79.1 Å². The van der Waals surface area contributed by atoms with Crippen LogP contribution < -0.4 is 0 Å². The Morgan fingerprint density at radius 1 is 0.694 bits per heavy atom. The second-order valence-corrected chi connectivity index (χ2v) is 22.7. The summed E-state index contributed by atoms with van der Waals surface area (Å²) < 4.78 is 52.9. The molecule has 5 unspecified atom stereocenters. The molecule has 4 aliphatic carbocycles. The molecule has 23 heteroatoms. The van der Waals surface area contributed by atoms with Gasteiger partial charge in [0.1, 0.15) is 103 Å². The van der Waals surface area contributed by atoms with Crippen LogP contribution in [0.5, 0.6) is 0 Å². The van der Waals surface area contributed by atoms with Crippen LogP contribution >= 0.6 is 0 Å². The zero-order chi connectivity index (χ0) is 51.9. The Balaban J connectivity index is 0.830. The highest BCUT2D eigenvalue weighted by Crippen LogP contribution is 2.68. The van der Waals surface area contributed by atoms with Gasteiger partial charge < -0.3 is 104 Å². The minimum absolute atomic E-state index is 0.0303. The normalized spacial score (nSPS) is 52.0. The first-order valence-electron chi connectivity index (χ1n) is 25.7. The summed E-state index contributed by atoms with van der Waals surface area (Å²) in [5, 5.41) is 125. The lowest BCUT2D eigenvalue weighted by molar-refractivity contribution is -0.361. The molecule has 9 rings (SSSR count). The van der Waals surface area contributed by atoms with Gasteiger partial charge in [0, 0.05) is 36.5 Å². The molecular formula is C49H76O23. The number of hydrogen-bond acceptors (Lipinski definition) is 23. The molecule has 4 saturated carbocycles. The van der Waals surface area contributed by atoms with E-state index < -0.39 is 153 Å². The Hall–Kier alpha value is -1.92. The van der Waals surface area contributed by atoms with Crippen molar-refractivity contribution in [2.24, 2.45) is 46.3 Å². The van der Waals surface area contributed by atoms with Gasteiger partial charge in [-0.1, -0.05) is 20.8 Å². The average Bonchev–Trinajstić information content (AvgIpc) is 3.84. The molecule has 28 atom stereocenters. The Morgan fingerprint density at radius 3 is 2.03 bits per heavy atom. The zero-order valence-corrected chi connectivity index (χ0v) is 41.1. The molecule has 0 aromatic carbocycles. The number of fused-ring (bicyclic) bond motifs is 7. The van der Waals surface area contributed by atoms with Gasteiger partial charge in [0.15, 0.2) is 25.2 Å². The molecule has 12 N–H and O–H groups in total. The molecule has 4 saturated heterocycles. The Kier molecular flexibility index (Phi) is 16.4. The van der Waals surface area contributed by atoms with Crippen molar-refractivity contribution >= 4 is 11.6 Å². The Bertz CT molecular complexity index is 1960. The number of carbonyl (C=O) groups excluding carboxylic acids is 2. The lowest BCUT2D eigenvalue weighted by Crippen LogP contribution is -2.64. The minimum atomic E-state index is -1.78. The molecular weight excluding hydrogens is 957 g/mol. The van der Waals surface area contributed by atoms with Crippen molar-refractivity contribution in [3.8, 4) is 0 Å². The van der Waals surface area contributed by atoms with Gasteiger partial charge in [-0.05, 0) is 73.7 Å². The highest BCUT2D eigenvalue weighted by molar-refractivity contribution is 5.90. The average molecular weight is 1030 g/mol. The molecule has 0 bridgehead atoms. The van der Waals surface area contributed by atoms with Crippen LogP contribution in [0.3, 0.4) is 0 Å². The van der Waals surface area contributed by atoms with E-state index in [0.29, 0.717) is 38.5 Å². The van der Waals surface area contributed by atoms with Crippen LogP contribution in [0.4, 0.5) is 0 Å². The highest BCUT2D eigenvalue weighted by Gasteiger charge is 2.69. The fourth-order valence-electron chi connectivity index (χ4n) is 14.0. The summed E-state index contributed by atoms with van der Waals surface area (Å²) in [6.07, 6.45) is -24.4. The number of rotatable bonds is 14. The van der Waals surface area contributed by atoms with Gasteiger partial charge in [0.05, 0.1) is 44.9 Å². The maximum absolute atomic E-state index is 14.7. The van der Waals surface area contributed by atoms with E-state index in [9.17, 15) is 70.9 Å². The van der Waals surface area contributed by atoms with E-state index >= 15 is 0 Å². The number of Topliss-reactive ketones (excluding diaryl/α,β-unsaturated/α-hetero) is 2. The number of allylic oxidation sites excluding steroid dienone is 1.